The quantitative estimate of drug-likeness (QED) is 0.815. The van der Waals surface area contributed by atoms with Crippen LogP contribution in [0.4, 0.5) is 5.69 Å². The Morgan fingerprint density at radius 2 is 2.00 bits per heavy atom. The Morgan fingerprint density at radius 1 is 1.38 bits per heavy atom. The van der Waals surface area contributed by atoms with Crippen LogP contribution in [0.25, 0.3) is 0 Å². The lowest BCUT2D eigenvalue weighted by atomic mass is 10.2. The van der Waals surface area contributed by atoms with E-state index in [-0.39, 0.29) is 6.73 Å². The van der Waals surface area contributed by atoms with E-state index in [1.165, 1.54) is 0 Å². The summed E-state index contributed by atoms with van der Waals surface area (Å²) in [5.41, 5.74) is 0.899. The van der Waals surface area contributed by atoms with Crippen molar-refractivity contribution in [1.82, 2.24) is 0 Å². The minimum atomic E-state index is 0.222. The fourth-order valence-corrected chi connectivity index (χ4v) is 2.14. The molecule has 0 amide bonds. The van der Waals surface area contributed by atoms with Crippen molar-refractivity contribution >= 4 is 35.2 Å². The van der Waals surface area contributed by atoms with Gasteiger partial charge in [-0.2, -0.15) is 0 Å². The number of carbonyl (C=O) groups excluding carboxylic acids is 1. The highest BCUT2D eigenvalue weighted by Gasteiger charge is 2.26. The summed E-state index contributed by atoms with van der Waals surface area (Å²) in [6.45, 7) is 1.92. The number of anilines is 1. The Bertz CT molecular complexity index is 451. The monoisotopic (exact) mass is 256 g/mol. The maximum absolute atomic E-state index is 10.8. The van der Waals surface area contributed by atoms with Gasteiger partial charge in [-0.1, -0.05) is 29.3 Å². The van der Waals surface area contributed by atoms with E-state index in [9.17, 15) is 4.79 Å². The maximum Gasteiger partial charge on any atom is 0.255 e. The third-order valence-electron chi connectivity index (χ3n) is 2.32. The van der Waals surface area contributed by atoms with E-state index < -0.39 is 0 Å². The highest BCUT2D eigenvalue weighted by atomic mass is 35.5. The molecule has 1 aromatic carbocycles. The zero-order valence-corrected chi connectivity index (χ0v) is 9.97. The maximum atomic E-state index is 10.8. The van der Waals surface area contributed by atoms with Gasteiger partial charge in [-0.25, -0.2) is 0 Å². The first-order valence-corrected chi connectivity index (χ1v) is 5.34. The van der Waals surface area contributed by atoms with Crippen molar-refractivity contribution in [3.05, 3.63) is 39.7 Å². The number of nitrogens with zero attached hydrogens (tertiary/aromatic N) is 1. The van der Waals surface area contributed by atoms with Gasteiger partial charge in [0.1, 0.15) is 11.5 Å². The Kier molecular flexibility index (Phi) is 3.08. The summed E-state index contributed by atoms with van der Waals surface area (Å²) in [5, 5.41) is 0.942. The lowest BCUT2D eigenvalue weighted by molar-refractivity contribution is 0.247. The van der Waals surface area contributed by atoms with E-state index >= 15 is 0 Å². The molecule has 2 rings (SSSR count). The van der Waals surface area contributed by atoms with Crippen LogP contribution in [0.1, 0.15) is 6.92 Å². The number of allylic oxidation sites excluding steroid dienone is 2. The summed E-state index contributed by atoms with van der Waals surface area (Å²) >= 11 is 12.1. The summed E-state index contributed by atoms with van der Waals surface area (Å²) in [6.07, 6.45) is 1.83. The molecule has 1 heterocycles. The van der Waals surface area contributed by atoms with Crippen LogP contribution < -0.4 is 4.90 Å². The fourth-order valence-electron chi connectivity index (χ4n) is 1.53. The predicted octanol–water partition coefficient (Wildman–Crippen LogP) is 3.13. The van der Waals surface area contributed by atoms with E-state index in [2.05, 4.69) is 0 Å². The van der Waals surface area contributed by atoms with Crippen LogP contribution in [-0.4, -0.2) is 13.0 Å². The lowest BCUT2D eigenvalue weighted by Crippen LogP contribution is -2.20. The van der Waals surface area contributed by atoms with E-state index in [0.29, 0.717) is 27.2 Å². The highest BCUT2D eigenvalue weighted by Crippen LogP contribution is 2.37. The average Bonchev–Trinajstić information content (AvgIpc) is 2.59. The van der Waals surface area contributed by atoms with E-state index in [0.717, 1.165) is 0 Å². The summed E-state index contributed by atoms with van der Waals surface area (Å²) < 4.78 is 5.26. The van der Waals surface area contributed by atoms with Crippen molar-refractivity contribution in [2.75, 3.05) is 11.6 Å². The van der Waals surface area contributed by atoms with Gasteiger partial charge in [0.05, 0.1) is 15.7 Å². The summed E-state index contributed by atoms with van der Waals surface area (Å²) in [7, 11) is 0. The molecule has 0 aromatic heterocycles. The second kappa shape index (κ2) is 4.36. The molecule has 1 aromatic rings. The van der Waals surface area contributed by atoms with E-state index in [1.807, 2.05) is 6.29 Å². The average molecular weight is 257 g/mol. The number of para-hydroxylation sites is 1. The first kappa shape index (κ1) is 11.3. The van der Waals surface area contributed by atoms with Gasteiger partial charge in [0.2, 0.25) is 0 Å². The van der Waals surface area contributed by atoms with Gasteiger partial charge in [-0.05, 0) is 19.1 Å². The molecule has 0 unspecified atom stereocenters. The number of ether oxygens (including phenoxy) is 1. The minimum absolute atomic E-state index is 0.222. The highest BCUT2D eigenvalue weighted by molar-refractivity contribution is 6.39. The molecule has 0 saturated carbocycles. The second-order valence-corrected chi connectivity index (χ2v) is 4.09. The largest absolute Gasteiger partial charge is 0.475 e. The molecule has 16 heavy (non-hydrogen) atoms. The van der Waals surface area contributed by atoms with Gasteiger partial charge in [-0.3, -0.25) is 9.69 Å². The lowest BCUT2D eigenvalue weighted by Gasteiger charge is -2.19. The smallest absolute Gasteiger partial charge is 0.255 e. The Morgan fingerprint density at radius 3 is 2.56 bits per heavy atom. The number of rotatable bonds is 2. The summed E-state index contributed by atoms with van der Waals surface area (Å²) in [6, 6.07) is 5.16. The van der Waals surface area contributed by atoms with Gasteiger partial charge >= 0.3 is 0 Å². The third kappa shape index (κ3) is 1.77. The van der Waals surface area contributed by atoms with Gasteiger partial charge in [0, 0.05) is 0 Å². The van der Waals surface area contributed by atoms with Crippen molar-refractivity contribution < 1.29 is 9.53 Å². The molecule has 1 aliphatic heterocycles. The molecule has 0 atom stereocenters. The molecule has 0 bridgehead atoms. The first-order chi connectivity index (χ1) is 7.65. The predicted molar refractivity (Wildman–Crippen MR) is 63.3 cm³/mol. The van der Waals surface area contributed by atoms with Gasteiger partial charge in [-0.15, -0.1) is 0 Å². The topological polar surface area (TPSA) is 29.5 Å². The molecular weight excluding hydrogens is 249 g/mol. The van der Waals surface area contributed by atoms with E-state index in [4.69, 9.17) is 27.9 Å². The summed E-state index contributed by atoms with van der Waals surface area (Å²) in [5.74, 6) is 0.519. The molecule has 1 aliphatic rings. The van der Waals surface area contributed by atoms with Crippen molar-refractivity contribution in [3.63, 3.8) is 0 Å². The van der Waals surface area contributed by atoms with Gasteiger partial charge in [0.15, 0.2) is 6.73 Å². The van der Waals surface area contributed by atoms with Gasteiger partial charge < -0.3 is 4.74 Å². The molecule has 0 fully saturated rings. The molecule has 0 N–H and O–H groups in total. The van der Waals surface area contributed by atoms with Crippen molar-refractivity contribution in [3.8, 4) is 0 Å². The van der Waals surface area contributed by atoms with Crippen LogP contribution in [0.15, 0.2) is 29.7 Å². The van der Waals surface area contributed by atoms with Crippen LogP contribution in [0.5, 0.6) is 0 Å². The molecule has 5 heteroatoms. The normalized spacial score (nSPS) is 15.3. The van der Waals surface area contributed by atoms with Crippen LogP contribution in [0, 0.1) is 0 Å². The fraction of sp³-hybridized carbons (Fsp3) is 0.182. The number of hydrogen-bond donors (Lipinski definition) is 0. The molecular formula is C11H8Cl2NO2. The second-order valence-electron chi connectivity index (χ2n) is 3.28. The number of benzene rings is 1. The standard InChI is InChI=1S/C11H8Cl2NO2/c1-7-10(5-15)14(6-16-7)11-8(12)3-2-4-9(11)13/h2-4H,6H2,1H3. The van der Waals surface area contributed by atoms with Crippen LogP contribution in [-0.2, 0) is 9.53 Å². The van der Waals surface area contributed by atoms with Gasteiger partial charge in [0.25, 0.3) is 6.29 Å². The SMILES string of the molecule is CC1=C([C]=O)N(c2c(Cl)cccc2Cl)CO1. The van der Waals surface area contributed by atoms with Crippen molar-refractivity contribution in [2.24, 2.45) is 0 Å². The first-order valence-electron chi connectivity index (χ1n) is 4.58. The van der Waals surface area contributed by atoms with E-state index in [1.54, 1.807) is 30.0 Å². The van der Waals surface area contributed by atoms with Crippen LogP contribution >= 0.6 is 23.2 Å². The zero-order chi connectivity index (χ0) is 11.7. The van der Waals surface area contributed by atoms with Crippen molar-refractivity contribution in [1.29, 1.82) is 0 Å². The molecule has 1 radical (unpaired) electrons. The molecule has 3 nitrogen and oxygen atoms in total. The molecule has 0 aliphatic carbocycles. The minimum Gasteiger partial charge on any atom is -0.475 e. The Balaban J connectivity index is 2.50. The van der Waals surface area contributed by atoms with Crippen LogP contribution in [0.3, 0.4) is 0 Å². The Hall–Kier alpha value is -1.19. The number of halogens is 2. The van der Waals surface area contributed by atoms with Crippen LogP contribution in [0.2, 0.25) is 10.0 Å². The zero-order valence-electron chi connectivity index (χ0n) is 8.46. The number of hydrogen-bond acceptors (Lipinski definition) is 3. The Labute approximate surface area is 103 Å². The van der Waals surface area contributed by atoms with Crippen molar-refractivity contribution in [2.45, 2.75) is 6.92 Å². The molecule has 0 saturated heterocycles. The summed E-state index contributed by atoms with van der Waals surface area (Å²) in [4.78, 5) is 12.4. The third-order valence-corrected chi connectivity index (χ3v) is 2.93. The molecule has 83 valence electrons. The molecule has 0 spiro atoms.